The van der Waals surface area contributed by atoms with Gasteiger partial charge >= 0.3 is 0 Å². The number of carbonyl (C=O) groups is 1. The Labute approximate surface area is 125 Å². The zero-order valence-corrected chi connectivity index (χ0v) is 12.1. The van der Waals surface area contributed by atoms with Crippen LogP contribution in [0.4, 0.5) is 5.69 Å². The Balaban J connectivity index is 2.19. The Hall–Kier alpha value is -2.38. The molecule has 2 aromatic carbocycles. The standard InChI is InChI=1S/C16H11BrN2O/c17-14-7-4-8-15(10-14)19-16(20)13(11-18)9-12-5-2-1-3-6-12/h1-10H,(H,19,20). The lowest BCUT2D eigenvalue weighted by molar-refractivity contribution is -0.112. The highest BCUT2D eigenvalue weighted by atomic mass is 79.9. The zero-order valence-electron chi connectivity index (χ0n) is 10.5. The second-order valence-electron chi connectivity index (χ2n) is 4.04. The van der Waals surface area contributed by atoms with E-state index in [2.05, 4.69) is 21.2 Å². The Morgan fingerprint density at radius 2 is 1.90 bits per heavy atom. The Kier molecular flexibility index (Phi) is 4.70. The number of halogens is 1. The van der Waals surface area contributed by atoms with E-state index in [1.807, 2.05) is 48.5 Å². The first-order valence-electron chi connectivity index (χ1n) is 5.93. The molecule has 0 radical (unpaired) electrons. The molecule has 0 spiro atoms. The van der Waals surface area contributed by atoms with Gasteiger partial charge in [-0.25, -0.2) is 0 Å². The number of hydrogen-bond acceptors (Lipinski definition) is 2. The molecule has 1 amide bonds. The second-order valence-corrected chi connectivity index (χ2v) is 4.96. The predicted octanol–water partition coefficient (Wildman–Crippen LogP) is 3.99. The molecular formula is C16H11BrN2O. The van der Waals surface area contributed by atoms with Gasteiger partial charge in [0.25, 0.3) is 5.91 Å². The molecule has 4 heteroatoms. The Morgan fingerprint density at radius 3 is 2.55 bits per heavy atom. The molecule has 1 N–H and O–H groups in total. The summed E-state index contributed by atoms with van der Waals surface area (Å²) in [7, 11) is 0. The van der Waals surface area contributed by atoms with E-state index in [1.54, 1.807) is 18.2 Å². The molecule has 0 saturated heterocycles. The highest BCUT2D eigenvalue weighted by Gasteiger charge is 2.09. The van der Waals surface area contributed by atoms with Crippen LogP contribution >= 0.6 is 15.9 Å². The highest BCUT2D eigenvalue weighted by Crippen LogP contribution is 2.16. The molecule has 0 saturated carbocycles. The summed E-state index contributed by atoms with van der Waals surface area (Å²) in [6, 6.07) is 18.4. The van der Waals surface area contributed by atoms with Crippen molar-refractivity contribution in [3.63, 3.8) is 0 Å². The van der Waals surface area contributed by atoms with Crippen LogP contribution in [-0.2, 0) is 4.79 Å². The number of rotatable bonds is 3. The van der Waals surface area contributed by atoms with E-state index in [9.17, 15) is 4.79 Å². The molecule has 0 bridgehead atoms. The third-order valence-corrected chi connectivity index (χ3v) is 3.05. The normalized spacial score (nSPS) is 10.7. The number of amides is 1. The summed E-state index contributed by atoms with van der Waals surface area (Å²) in [6.07, 6.45) is 1.56. The van der Waals surface area contributed by atoms with E-state index in [0.29, 0.717) is 5.69 Å². The van der Waals surface area contributed by atoms with Gasteiger partial charge in [-0.2, -0.15) is 5.26 Å². The summed E-state index contributed by atoms with van der Waals surface area (Å²) in [5, 5.41) is 11.8. The second kappa shape index (κ2) is 6.69. The van der Waals surface area contributed by atoms with Crippen molar-refractivity contribution in [3.8, 4) is 6.07 Å². The molecule has 0 aliphatic heterocycles. The number of carbonyl (C=O) groups excluding carboxylic acids is 1. The lowest BCUT2D eigenvalue weighted by Gasteiger charge is -2.04. The van der Waals surface area contributed by atoms with Gasteiger partial charge in [-0.05, 0) is 29.8 Å². The number of hydrogen-bond donors (Lipinski definition) is 1. The van der Waals surface area contributed by atoms with Gasteiger partial charge in [0.05, 0.1) is 0 Å². The lowest BCUT2D eigenvalue weighted by Crippen LogP contribution is -2.13. The van der Waals surface area contributed by atoms with Gasteiger partial charge in [-0.3, -0.25) is 4.79 Å². The van der Waals surface area contributed by atoms with E-state index < -0.39 is 5.91 Å². The van der Waals surface area contributed by atoms with Crippen molar-refractivity contribution >= 4 is 33.6 Å². The molecule has 0 unspecified atom stereocenters. The Bertz CT molecular complexity index is 687. The molecule has 0 aliphatic carbocycles. The largest absolute Gasteiger partial charge is 0.321 e. The van der Waals surface area contributed by atoms with Gasteiger partial charge in [-0.15, -0.1) is 0 Å². The van der Waals surface area contributed by atoms with Crippen molar-refractivity contribution in [3.05, 3.63) is 70.2 Å². The van der Waals surface area contributed by atoms with E-state index in [0.717, 1.165) is 10.0 Å². The maximum Gasteiger partial charge on any atom is 0.266 e. The maximum absolute atomic E-state index is 12.0. The van der Waals surface area contributed by atoms with Crippen molar-refractivity contribution in [2.45, 2.75) is 0 Å². The van der Waals surface area contributed by atoms with Crippen molar-refractivity contribution in [2.75, 3.05) is 5.32 Å². The number of anilines is 1. The third kappa shape index (κ3) is 3.81. The van der Waals surface area contributed by atoms with E-state index in [1.165, 1.54) is 0 Å². The highest BCUT2D eigenvalue weighted by molar-refractivity contribution is 9.10. The van der Waals surface area contributed by atoms with Gasteiger partial charge < -0.3 is 5.32 Å². The van der Waals surface area contributed by atoms with Gasteiger partial charge in [0.15, 0.2) is 0 Å². The summed E-state index contributed by atoms with van der Waals surface area (Å²) >= 11 is 3.33. The first kappa shape index (κ1) is 14.0. The summed E-state index contributed by atoms with van der Waals surface area (Å²) in [5.41, 5.74) is 1.52. The summed E-state index contributed by atoms with van der Waals surface area (Å²) < 4.78 is 0.862. The van der Waals surface area contributed by atoms with Crippen molar-refractivity contribution in [1.29, 1.82) is 5.26 Å². The fourth-order valence-corrected chi connectivity index (χ4v) is 2.03. The smallest absolute Gasteiger partial charge is 0.266 e. The maximum atomic E-state index is 12.0. The molecule has 98 valence electrons. The molecule has 0 aliphatic rings. The SMILES string of the molecule is N#CC(=Cc1ccccc1)C(=O)Nc1cccc(Br)c1. The minimum atomic E-state index is -0.422. The van der Waals surface area contributed by atoms with Crippen molar-refractivity contribution < 1.29 is 4.79 Å². The van der Waals surface area contributed by atoms with Gasteiger partial charge in [0, 0.05) is 10.2 Å². The molecule has 0 heterocycles. The zero-order chi connectivity index (χ0) is 14.4. The van der Waals surface area contributed by atoms with E-state index in [-0.39, 0.29) is 5.57 Å². The van der Waals surface area contributed by atoms with Gasteiger partial charge in [0.2, 0.25) is 0 Å². The number of nitrogens with zero attached hydrogens (tertiary/aromatic N) is 1. The minimum absolute atomic E-state index is 0.0659. The molecule has 20 heavy (non-hydrogen) atoms. The molecule has 0 fully saturated rings. The molecule has 3 nitrogen and oxygen atoms in total. The molecule has 0 atom stereocenters. The van der Waals surface area contributed by atoms with E-state index in [4.69, 9.17) is 5.26 Å². The molecule has 2 rings (SSSR count). The van der Waals surface area contributed by atoms with Gasteiger partial charge in [-0.1, -0.05) is 52.3 Å². The number of benzene rings is 2. The topological polar surface area (TPSA) is 52.9 Å². The van der Waals surface area contributed by atoms with E-state index >= 15 is 0 Å². The third-order valence-electron chi connectivity index (χ3n) is 2.56. The lowest BCUT2D eigenvalue weighted by atomic mass is 10.1. The van der Waals surface area contributed by atoms with Crippen LogP contribution in [-0.4, -0.2) is 5.91 Å². The van der Waals surface area contributed by atoms with Crippen LogP contribution in [0.3, 0.4) is 0 Å². The van der Waals surface area contributed by atoms with Crippen molar-refractivity contribution in [2.24, 2.45) is 0 Å². The van der Waals surface area contributed by atoms with Crippen LogP contribution in [0.2, 0.25) is 0 Å². The fourth-order valence-electron chi connectivity index (χ4n) is 1.63. The monoisotopic (exact) mass is 326 g/mol. The summed E-state index contributed by atoms with van der Waals surface area (Å²) in [5.74, 6) is -0.422. The van der Waals surface area contributed by atoms with Crippen LogP contribution in [0, 0.1) is 11.3 Å². The molecule has 0 aromatic heterocycles. The van der Waals surface area contributed by atoms with Crippen LogP contribution < -0.4 is 5.32 Å². The first-order chi connectivity index (χ1) is 9.69. The molecule has 2 aromatic rings. The molecular weight excluding hydrogens is 316 g/mol. The Morgan fingerprint density at radius 1 is 1.15 bits per heavy atom. The number of nitriles is 1. The average Bonchev–Trinajstić information content (AvgIpc) is 2.45. The van der Waals surface area contributed by atoms with Crippen LogP contribution in [0.15, 0.2) is 64.6 Å². The van der Waals surface area contributed by atoms with Crippen LogP contribution in [0.5, 0.6) is 0 Å². The van der Waals surface area contributed by atoms with Crippen LogP contribution in [0.1, 0.15) is 5.56 Å². The first-order valence-corrected chi connectivity index (χ1v) is 6.72. The van der Waals surface area contributed by atoms with Gasteiger partial charge in [0.1, 0.15) is 11.6 Å². The predicted molar refractivity (Wildman–Crippen MR) is 82.8 cm³/mol. The fraction of sp³-hybridized carbons (Fsp3) is 0. The summed E-state index contributed by atoms with van der Waals surface area (Å²) in [6.45, 7) is 0. The van der Waals surface area contributed by atoms with Crippen LogP contribution in [0.25, 0.3) is 6.08 Å². The quantitative estimate of drug-likeness (QED) is 0.684. The average molecular weight is 327 g/mol. The summed E-state index contributed by atoms with van der Waals surface area (Å²) in [4.78, 5) is 12.0. The minimum Gasteiger partial charge on any atom is -0.321 e. The van der Waals surface area contributed by atoms with Crippen molar-refractivity contribution in [1.82, 2.24) is 0 Å². The number of nitrogens with one attached hydrogen (secondary N) is 1.